The van der Waals surface area contributed by atoms with Crippen molar-refractivity contribution < 1.29 is 19.4 Å². The number of carbonyl (C=O) groups is 2. The zero-order valence-electron chi connectivity index (χ0n) is 13.8. The predicted octanol–water partition coefficient (Wildman–Crippen LogP) is 1.90. The van der Waals surface area contributed by atoms with E-state index in [1.54, 1.807) is 4.90 Å². The fourth-order valence-electron chi connectivity index (χ4n) is 2.75. The molecule has 6 heteroatoms. The van der Waals surface area contributed by atoms with Crippen LogP contribution in [-0.4, -0.2) is 54.7 Å². The summed E-state index contributed by atoms with van der Waals surface area (Å²) in [6.45, 7) is 2.43. The van der Waals surface area contributed by atoms with E-state index in [1.807, 2.05) is 18.2 Å². The molecule has 1 aliphatic rings. The lowest BCUT2D eigenvalue weighted by Gasteiger charge is -2.36. The normalized spacial score (nSPS) is 14.2. The quantitative estimate of drug-likeness (QED) is 0.861. The molecule has 0 atom stereocenters. The molecule has 3 rings (SSSR count). The maximum atomic E-state index is 12.2. The molecule has 6 nitrogen and oxygen atoms in total. The average molecular weight is 340 g/mol. The third kappa shape index (κ3) is 4.29. The Morgan fingerprint density at radius 2 is 1.56 bits per heavy atom. The molecule has 0 unspecified atom stereocenters. The van der Waals surface area contributed by atoms with Gasteiger partial charge in [-0.15, -0.1) is 0 Å². The summed E-state index contributed by atoms with van der Waals surface area (Å²) in [5, 5.41) is 9.21. The molecule has 0 radical (unpaired) electrons. The lowest BCUT2D eigenvalue weighted by atomic mass is 10.2. The number of phenols is 1. The van der Waals surface area contributed by atoms with Crippen LogP contribution in [0, 0.1) is 0 Å². The van der Waals surface area contributed by atoms with Gasteiger partial charge < -0.3 is 19.6 Å². The number of anilines is 1. The Bertz CT molecular complexity index is 723. The van der Waals surface area contributed by atoms with Gasteiger partial charge in [0.05, 0.1) is 5.56 Å². The molecule has 1 N–H and O–H groups in total. The summed E-state index contributed by atoms with van der Waals surface area (Å²) in [6.07, 6.45) is 0. The highest BCUT2D eigenvalue weighted by Gasteiger charge is 2.22. The van der Waals surface area contributed by atoms with Gasteiger partial charge in [-0.3, -0.25) is 4.79 Å². The van der Waals surface area contributed by atoms with Crippen molar-refractivity contribution in [3.05, 3.63) is 60.2 Å². The van der Waals surface area contributed by atoms with Gasteiger partial charge in [-0.05, 0) is 36.4 Å². The van der Waals surface area contributed by atoms with Crippen LogP contribution in [0.4, 0.5) is 5.69 Å². The third-order valence-electron chi connectivity index (χ3n) is 4.18. The zero-order valence-corrected chi connectivity index (χ0v) is 13.8. The van der Waals surface area contributed by atoms with E-state index in [4.69, 9.17) is 4.74 Å². The van der Waals surface area contributed by atoms with Crippen LogP contribution in [0.15, 0.2) is 54.6 Å². The van der Waals surface area contributed by atoms with Crippen molar-refractivity contribution in [1.82, 2.24) is 4.90 Å². The molecular weight excluding hydrogens is 320 g/mol. The Labute approximate surface area is 146 Å². The minimum atomic E-state index is -0.573. The second-order valence-electron chi connectivity index (χ2n) is 5.83. The van der Waals surface area contributed by atoms with Gasteiger partial charge in [0.25, 0.3) is 5.91 Å². The van der Waals surface area contributed by atoms with Crippen LogP contribution in [0.2, 0.25) is 0 Å². The minimum Gasteiger partial charge on any atom is -0.508 e. The Morgan fingerprint density at radius 1 is 0.920 bits per heavy atom. The van der Waals surface area contributed by atoms with Crippen molar-refractivity contribution in [2.45, 2.75) is 0 Å². The highest BCUT2D eigenvalue weighted by Crippen LogP contribution is 2.16. The van der Waals surface area contributed by atoms with E-state index in [0.29, 0.717) is 18.7 Å². The summed E-state index contributed by atoms with van der Waals surface area (Å²) < 4.78 is 5.07. The van der Waals surface area contributed by atoms with Gasteiger partial charge in [-0.25, -0.2) is 4.79 Å². The number of piperazine rings is 1. The molecule has 1 fully saturated rings. The van der Waals surface area contributed by atoms with Gasteiger partial charge in [0, 0.05) is 31.9 Å². The van der Waals surface area contributed by atoms with Crippen molar-refractivity contribution in [3.63, 3.8) is 0 Å². The number of hydrogen-bond donors (Lipinski definition) is 1. The molecule has 2 aromatic rings. The fraction of sp³-hybridized carbons (Fsp3) is 0.263. The van der Waals surface area contributed by atoms with Gasteiger partial charge in [-0.1, -0.05) is 18.2 Å². The van der Waals surface area contributed by atoms with Crippen LogP contribution < -0.4 is 4.90 Å². The molecule has 25 heavy (non-hydrogen) atoms. The number of carbonyl (C=O) groups excluding carboxylic acids is 2. The number of para-hydroxylation sites is 1. The van der Waals surface area contributed by atoms with E-state index in [1.165, 1.54) is 24.3 Å². The van der Waals surface area contributed by atoms with E-state index in [9.17, 15) is 14.7 Å². The number of benzene rings is 2. The highest BCUT2D eigenvalue weighted by molar-refractivity contribution is 5.91. The number of esters is 1. The summed E-state index contributed by atoms with van der Waals surface area (Å²) in [6, 6.07) is 15.8. The largest absolute Gasteiger partial charge is 0.508 e. The van der Waals surface area contributed by atoms with Gasteiger partial charge in [0.1, 0.15) is 5.75 Å². The van der Waals surface area contributed by atoms with Gasteiger partial charge in [-0.2, -0.15) is 0 Å². The molecule has 0 aromatic heterocycles. The van der Waals surface area contributed by atoms with Crippen LogP contribution in [0.1, 0.15) is 10.4 Å². The molecule has 1 saturated heterocycles. The number of amides is 1. The van der Waals surface area contributed by atoms with Crippen LogP contribution in [0.5, 0.6) is 5.75 Å². The Hall–Kier alpha value is -3.02. The molecule has 1 aliphatic heterocycles. The van der Waals surface area contributed by atoms with Crippen molar-refractivity contribution in [1.29, 1.82) is 0 Å². The summed E-state index contributed by atoms with van der Waals surface area (Å²) in [4.78, 5) is 28.1. The SMILES string of the molecule is O=C(OCC(=O)N1CCN(c2ccccc2)CC1)c1ccc(O)cc1. The first-order valence-corrected chi connectivity index (χ1v) is 8.17. The molecule has 0 aliphatic carbocycles. The Morgan fingerprint density at radius 3 is 2.20 bits per heavy atom. The smallest absolute Gasteiger partial charge is 0.338 e. The summed E-state index contributed by atoms with van der Waals surface area (Å²) >= 11 is 0. The number of hydrogen-bond acceptors (Lipinski definition) is 5. The van der Waals surface area contributed by atoms with Crippen LogP contribution in [0.25, 0.3) is 0 Å². The first-order chi connectivity index (χ1) is 12.1. The lowest BCUT2D eigenvalue weighted by molar-refractivity contribution is -0.134. The average Bonchev–Trinajstić information content (AvgIpc) is 2.67. The van der Waals surface area contributed by atoms with E-state index in [0.717, 1.165) is 18.8 Å². The molecule has 0 bridgehead atoms. The van der Waals surface area contributed by atoms with E-state index in [-0.39, 0.29) is 18.3 Å². The summed E-state index contributed by atoms with van der Waals surface area (Å²) in [5.74, 6) is -0.694. The monoisotopic (exact) mass is 340 g/mol. The first-order valence-electron chi connectivity index (χ1n) is 8.17. The van der Waals surface area contributed by atoms with E-state index < -0.39 is 5.97 Å². The molecule has 1 heterocycles. The van der Waals surface area contributed by atoms with E-state index in [2.05, 4.69) is 17.0 Å². The maximum absolute atomic E-state index is 12.2. The van der Waals surface area contributed by atoms with Crippen LogP contribution >= 0.6 is 0 Å². The van der Waals surface area contributed by atoms with Crippen molar-refractivity contribution in [3.8, 4) is 5.75 Å². The van der Waals surface area contributed by atoms with Gasteiger partial charge in [0.2, 0.25) is 0 Å². The molecule has 0 saturated carbocycles. The first kappa shape index (κ1) is 16.8. The fourth-order valence-corrected chi connectivity index (χ4v) is 2.75. The maximum Gasteiger partial charge on any atom is 0.338 e. The third-order valence-corrected chi connectivity index (χ3v) is 4.18. The van der Waals surface area contributed by atoms with Crippen molar-refractivity contribution in [2.24, 2.45) is 0 Å². The zero-order chi connectivity index (χ0) is 17.6. The summed E-state index contributed by atoms with van der Waals surface area (Å²) in [7, 11) is 0. The topological polar surface area (TPSA) is 70.1 Å². The highest BCUT2D eigenvalue weighted by atomic mass is 16.5. The number of aromatic hydroxyl groups is 1. The number of rotatable bonds is 4. The van der Waals surface area contributed by atoms with Crippen molar-refractivity contribution >= 4 is 17.6 Å². The Balaban J connectivity index is 1.46. The Kier molecular flexibility index (Phi) is 5.18. The summed E-state index contributed by atoms with van der Waals surface area (Å²) in [5.41, 5.74) is 1.45. The molecular formula is C19H20N2O4. The predicted molar refractivity (Wildman–Crippen MR) is 93.6 cm³/mol. The standard InChI is InChI=1S/C19H20N2O4/c22-17-8-6-15(7-9-17)19(24)25-14-18(23)21-12-10-20(11-13-21)16-4-2-1-3-5-16/h1-9,22H,10-14H2. The minimum absolute atomic E-state index is 0.0731. The number of nitrogens with zero attached hydrogens (tertiary/aromatic N) is 2. The van der Waals surface area contributed by atoms with Crippen molar-refractivity contribution in [2.75, 3.05) is 37.7 Å². The van der Waals surface area contributed by atoms with Crippen LogP contribution in [0.3, 0.4) is 0 Å². The van der Waals surface area contributed by atoms with Gasteiger partial charge >= 0.3 is 5.97 Å². The van der Waals surface area contributed by atoms with Crippen LogP contribution in [-0.2, 0) is 9.53 Å². The lowest BCUT2D eigenvalue weighted by Crippen LogP contribution is -2.49. The molecule has 130 valence electrons. The number of phenolic OH excluding ortho intramolecular Hbond substituents is 1. The molecule has 0 spiro atoms. The number of ether oxygens (including phenoxy) is 1. The molecule has 1 amide bonds. The van der Waals surface area contributed by atoms with E-state index >= 15 is 0 Å². The second-order valence-corrected chi connectivity index (χ2v) is 5.83. The van der Waals surface area contributed by atoms with Gasteiger partial charge in [0.15, 0.2) is 6.61 Å². The second kappa shape index (κ2) is 7.70. The molecule has 2 aromatic carbocycles.